The van der Waals surface area contributed by atoms with E-state index in [9.17, 15) is 4.79 Å². The Balaban J connectivity index is 1.55. The molecule has 5 nitrogen and oxygen atoms in total. The molecule has 1 aromatic carbocycles. The fourth-order valence-electron chi connectivity index (χ4n) is 3.97. The molecule has 1 aliphatic heterocycles. The Morgan fingerprint density at radius 3 is 2.70 bits per heavy atom. The van der Waals surface area contributed by atoms with Crippen LogP contribution in [0.3, 0.4) is 0 Å². The molecule has 0 aliphatic carbocycles. The first-order valence-corrected chi connectivity index (χ1v) is 9.67. The number of likely N-dealkylation sites (tertiary alicyclic amines) is 1. The van der Waals surface area contributed by atoms with Crippen LogP contribution in [-0.4, -0.2) is 38.5 Å². The first kappa shape index (κ1) is 18.0. The Morgan fingerprint density at radius 1 is 1.22 bits per heavy atom. The number of carbonyl (C=O) groups excluding carboxylic acids is 1. The normalized spacial score (nSPS) is 17.0. The van der Waals surface area contributed by atoms with Crippen molar-refractivity contribution in [1.29, 1.82) is 0 Å². The fraction of sp³-hybridized carbons (Fsp3) is 0.381. The van der Waals surface area contributed by atoms with Crippen molar-refractivity contribution in [2.24, 2.45) is 5.92 Å². The quantitative estimate of drug-likeness (QED) is 0.687. The molecular weight excluding hydrogens is 360 g/mol. The van der Waals surface area contributed by atoms with Gasteiger partial charge in [0, 0.05) is 29.5 Å². The number of hydrogen-bond donors (Lipinski definition) is 0. The fourth-order valence-corrected chi connectivity index (χ4v) is 4.10. The predicted molar refractivity (Wildman–Crippen MR) is 106 cm³/mol. The van der Waals surface area contributed by atoms with E-state index in [1.807, 2.05) is 43.9 Å². The van der Waals surface area contributed by atoms with Crippen LogP contribution in [0.5, 0.6) is 0 Å². The maximum absolute atomic E-state index is 13.2. The van der Waals surface area contributed by atoms with Gasteiger partial charge in [0.05, 0.1) is 5.69 Å². The van der Waals surface area contributed by atoms with Crippen LogP contribution in [-0.2, 0) is 6.42 Å². The number of halogens is 1. The Hall–Kier alpha value is -2.40. The molecule has 0 N–H and O–H groups in total. The summed E-state index contributed by atoms with van der Waals surface area (Å²) in [6.07, 6.45) is 1.98. The first-order chi connectivity index (χ1) is 12.9. The van der Waals surface area contributed by atoms with Crippen molar-refractivity contribution < 1.29 is 4.79 Å². The predicted octanol–water partition coefficient (Wildman–Crippen LogP) is 4.01. The summed E-state index contributed by atoms with van der Waals surface area (Å²) in [5.41, 5.74) is 5.18. The third-order valence-electron chi connectivity index (χ3n) is 5.29. The summed E-state index contributed by atoms with van der Waals surface area (Å²) in [6.45, 7) is 7.36. The second kappa shape index (κ2) is 6.97. The lowest BCUT2D eigenvalue weighted by molar-refractivity contribution is 0.0788. The molecule has 6 heteroatoms. The van der Waals surface area contributed by atoms with Crippen LogP contribution in [0.1, 0.15) is 39.4 Å². The minimum Gasteiger partial charge on any atom is -0.338 e. The van der Waals surface area contributed by atoms with Gasteiger partial charge in [-0.3, -0.25) is 4.79 Å². The highest BCUT2D eigenvalue weighted by Crippen LogP contribution is 2.25. The standard InChI is InChI=1S/C21H23ClN4O/c1-13-10-14(2)26-20(23-13)19(15(3)24-26)21(27)25-9-8-17(12-25)11-16-4-6-18(22)7-5-16/h4-7,10,17H,8-9,11-12H2,1-3H3. The average molecular weight is 383 g/mol. The van der Waals surface area contributed by atoms with E-state index in [-0.39, 0.29) is 5.91 Å². The van der Waals surface area contributed by atoms with E-state index in [1.165, 1.54) is 5.56 Å². The van der Waals surface area contributed by atoms with Crippen molar-refractivity contribution in [2.45, 2.75) is 33.6 Å². The number of rotatable bonds is 3. The highest BCUT2D eigenvalue weighted by atomic mass is 35.5. The van der Waals surface area contributed by atoms with Crippen LogP contribution < -0.4 is 0 Å². The molecule has 1 aliphatic rings. The molecule has 2 aromatic heterocycles. The molecule has 0 bridgehead atoms. The van der Waals surface area contributed by atoms with Crippen LogP contribution in [0.25, 0.3) is 5.65 Å². The van der Waals surface area contributed by atoms with Gasteiger partial charge in [0.2, 0.25) is 0 Å². The molecule has 3 aromatic rings. The number of carbonyl (C=O) groups is 1. The average Bonchev–Trinajstić information content (AvgIpc) is 3.21. The van der Waals surface area contributed by atoms with Gasteiger partial charge >= 0.3 is 0 Å². The molecule has 4 rings (SSSR count). The van der Waals surface area contributed by atoms with Gasteiger partial charge in [0.15, 0.2) is 5.65 Å². The molecule has 3 heterocycles. The molecule has 1 fully saturated rings. The highest BCUT2D eigenvalue weighted by Gasteiger charge is 2.30. The Morgan fingerprint density at radius 2 is 1.96 bits per heavy atom. The second-order valence-electron chi connectivity index (χ2n) is 7.47. The van der Waals surface area contributed by atoms with Crippen LogP contribution in [0.2, 0.25) is 5.02 Å². The summed E-state index contributed by atoms with van der Waals surface area (Å²) in [6, 6.07) is 9.96. The minimum absolute atomic E-state index is 0.0404. The first-order valence-electron chi connectivity index (χ1n) is 9.29. The number of aryl methyl sites for hydroxylation is 3. The van der Waals surface area contributed by atoms with Crippen LogP contribution in [0, 0.1) is 26.7 Å². The topological polar surface area (TPSA) is 50.5 Å². The van der Waals surface area contributed by atoms with E-state index in [0.717, 1.165) is 48.0 Å². The van der Waals surface area contributed by atoms with Gasteiger partial charge in [-0.05, 0) is 63.3 Å². The van der Waals surface area contributed by atoms with E-state index in [2.05, 4.69) is 22.2 Å². The molecule has 1 saturated heterocycles. The maximum Gasteiger partial charge on any atom is 0.259 e. The number of benzene rings is 1. The van der Waals surface area contributed by atoms with E-state index >= 15 is 0 Å². The maximum atomic E-state index is 13.2. The van der Waals surface area contributed by atoms with Crippen LogP contribution in [0.15, 0.2) is 30.3 Å². The highest BCUT2D eigenvalue weighted by molar-refractivity contribution is 6.30. The third kappa shape index (κ3) is 3.44. The Bertz CT molecular complexity index is 1010. The second-order valence-corrected chi connectivity index (χ2v) is 7.91. The van der Waals surface area contributed by atoms with Gasteiger partial charge in [0.25, 0.3) is 5.91 Å². The molecule has 1 amide bonds. The molecule has 27 heavy (non-hydrogen) atoms. The summed E-state index contributed by atoms with van der Waals surface area (Å²) < 4.78 is 1.77. The Labute approximate surface area is 164 Å². The van der Waals surface area contributed by atoms with Crippen molar-refractivity contribution in [2.75, 3.05) is 13.1 Å². The third-order valence-corrected chi connectivity index (χ3v) is 5.55. The lowest BCUT2D eigenvalue weighted by Crippen LogP contribution is -2.29. The van der Waals surface area contributed by atoms with Crippen molar-refractivity contribution in [3.8, 4) is 0 Å². The van der Waals surface area contributed by atoms with Gasteiger partial charge in [-0.1, -0.05) is 23.7 Å². The Kier molecular flexibility index (Phi) is 4.64. The van der Waals surface area contributed by atoms with Crippen LogP contribution in [0.4, 0.5) is 0 Å². The van der Waals surface area contributed by atoms with E-state index in [4.69, 9.17) is 11.6 Å². The van der Waals surface area contributed by atoms with Crippen molar-refractivity contribution in [3.05, 3.63) is 63.6 Å². The SMILES string of the molecule is Cc1cc(C)n2nc(C)c(C(=O)N3CCC(Cc4ccc(Cl)cc4)C3)c2n1. The molecule has 1 unspecified atom stereocenters. The van der Waals surface area contributed by atoms with Gasteiger partial charge < -0.3 is 4.90 Å². The molecular formula is C21H23ClN4O. The largest absolute Gasteiger partial charge is 0.338 e. The van der Waals surface area contributed by atoms with Gasteiger partial charge in [-0.15, -0.1) is 0 Å². The number of nitrogens with zero attached hydrogens (tertiary/aromatic N) is 4. The lowest BCUT2D eigenvalue weighted by atomic mass is 9.99. The lowest BCUT2D eigenvalue weighted by Gasteiger charge is -2.16. The van der Waals surface area contributed by atoms with Crippen LogP contribution >= 0.6 is 11.6 Å². The number of aromatic nitrogens is 3. The zero-order chi connectivity index (χ0) is 19.1. The molecule has 1 atom stereocenters. The summed E-state index contributed by atoms with van der Waals surface area (Å²) in [5, 5.41) is 5.29. The van der Waals surface area contributed by atoms with Gasteiger partial charge in [-0.2, -0.15) is 5.10 Å². The smallest absolute Gasteiger partial charge is 0.259 e. The van der Waals surface area contributed by atoms with E-state index in [1.54, 1.807) is 4.52 Å². The molecule has 0 radical (unpaired) electrons. The number of fused-ring (bicyclic) bond motifs is 1. The summed E-state index contributed by atoms with van der Waals surface area (Å²) in [5.74, 6) is 0.507. The monoisotopic (exact) mass is 382 g/mol. The number of hydrogen-bond acceptors (Lipinski definition) is 3. The van der Waals surface area contributed by atoms with E-state index < -0.39 is 0 Å². The molecule has 0 saturated carbocycles. The zero-order valence-corrected chi connectivity index (χ0v) is 16.6. The van der Waals surface area contributed by atoms with Crippen molar-refractivity contribution in [3.63, 3.8) is 0 Å². The van der Waals surface area contributed by atoms with Crippen molar-refractivity contribution in [1.82, 2.24) is 19.5 Å². The van der Waals surface area contributed by atoms with Gasteiger partial charge in [-0.25, -0.2) is 9.50 Å². The van der Waals surface area contributed by atoms with Gasteiger partial charge in [0.1, 0.15) is 5.56 Å². The van der Waals surface area contributed by atoms with E-state index in [0.29, 0.717) is 17.1 Å². The minimum atomic E-state index is 0.0404. The summed E-state index contributed by atoms with van der Waals surface area (Å²) in [4.78, 5) is 19.8. The summed E-state index contributed by atoms with van der Waals surface area (Å²) >= 11 is 5.97. The summed E-state index contributed by atoms with van der Waals surface area (Å²) in [7, 11) is 0. The zero-order valence-electron chi connectivity index (χ0n) is 15.9. The molecule has 0 spiro atoms. The molecule has 140 valence electrons. The van der Waals surface area contributed by atoms with Crippen molar-refractivity contribution >= 4 is 23.2 Å². The number of amides is 1.